The van der Waals surface area contributed by atoms with Crippen molar-refractivity contribution in [1.82, 2.24) is 9.97 Å². The van der Waals surface area contributed by atoms with Crippen molar-refractivity contribution in [3.63, 3.8) is 0 Å². The van der Waals surface area contributed by atoms with E-state index >= 15 is 0 Å². The average molecular weight is 370 g/mol. The number of nitrogens with one attached hydrogen (secondary N) is 1. The van der Waals surface area contributed by atoms with Gasteiger partial charge in [0.15, 0.2) is 0 Å². The fourth-order valence-electron chi connectivity index (χ4n) is 2.84. The number of amides is 1. The SMILES string of the molecule is N#Cc1cccc(-c2ccc3cccc(NC(=O)Cc4cscn4)c3n2)c1. The van der Waals surface area contributed by atoms with Crippen molar-refractivity contribution in [2.24, 2.45) is 0 Å². The Kier molecular flexibility index (Phi) is 4.60. The van der Waals surface area contributed by atoms with Crippen LogP contribution in [-0.2, 0) is 11.2 Å². The highest BCUT2D eigenvalue weighted by molar-refractivity contribution is 7.07. The van der Waals surface area contributed by atoms with Gasteiger partial charge in [-0.25, -0.2) is 9.97 Å². The Labute approximate surface area is 160 Å². The third-order valence-electron chi connectivity index (χ3n) is 4.11. The van der Waals surface area contributed by atoms with Crippen LogP contribution in [0.2, 0.25) is 0 Å². The van der Waals surface area contributed by atoms with Crippen LogP contribution in [0.1, 0.15) is 11.3 Å². The second-order valence-electron chi connectivity index (χ2n) is 5.97. The summed E-state index contributed by atoms with van der Waals surface area (Å²) in [5.74, 6) is -0.132. The van der Waals surface area contributed by atoms with Gasteiger partial charge >= 0.3 is 0 Å². The zero-order valence-electron chi connectivity index (χ0n) is 14.2. The molecule has 0 saturated carbocycles. The topological polar surface area (TPSA) is 78.7 Å². The summed E-state index contributed by atoms with van der Waals surface area (Å²) < 4.78 is 0. The molecule has 4 aromatic rings. The summed E-state index contributed by atoms with van der Waals surface area (Å²) in [7, 11) is 0. The van der Waals surface area contributed by atoms with Crippen LogP contribution in [0.4, 0.5) is 5.69 Å². The number of hydrogen-bond donors (Lipinski definition) is 1. The second kappa shape index (κ2) is 7.36. The number of hydrogen-bond acceptors (Lipinski definition) is 5. The van der Waals surface area contributed by atoms with Crippen molar-refractivity contribution in [3.8, 4) is 17.3 Å². The Hall–Kier alpha value is -3.56. The molecule has 0 unspecified atom stereocenters. The first-order valence-electron chi connectivity index (χ1n) is 8.30. The minimum atomic E-state index is -0.132. The minimum Gasteiger partial charge on any atom is -0.324 e. The van der Waals surface area contributed by atoms with Gasteiger partial charge in [0.25, 0.3) is 0 Å². The Bertz CT molecular complexity index is 1160. The maximum Gasteiger partial charge on any atom is 0.230 e. The molecule has 27 heavy (non-hydrogen) atoms. The van der Waals surface area contributed by atoms with Gasteiger partial charge in [0.1, 0.15) is 0 Å². The van der Waals surface area contributed by atoms with Crippen LogP contribution >= 0.6 is 11.3 Å². The van der Waals surface area contributed by atoms with Gasteiger partial charge in [-0.05, 0) is 24.3 Å². The molecule has 0 aliphatic heterocycles. The standard InChI is InChI=1S/C21H14N4OS/c22-11-14-3-1-5-16(9-14)18-8-7-15-4-2-6-19(21(15)25-18)24-20(26)10-17-12-27-13-23-17/h1-9,12-13H,10H2,(H,24,26). The quantitative estimate of drug-likeness (QED) is 0.577. The van der Waals surface area contributed by atoms with E-state index < -0.39 is 0 Å². The predicted molar refractivity (Wildman–Crippen MR) is 106 cm³/mol. The molecular weight excluding hydrogens is 356 g/mol. The van der Waals surface area contributed by atoms with Crippen LogP contribution in [0.25, 0.3) is 22.2 Å². The Morgan fingerprint density at radius 1 is 1.15 bits per heavy atom. The number of fused-ring (bicyclic) bond motifs is 1. The number of para-hydroxylation sites is 1. The lowest BCUT2D eigenvalue weighted by Gasteiger charge is -2.09. The molecule has 0 aliphatic carbocycles. The molecule has 2 aromatic carbocycles. The fraction of sp³-hybridized carbons (Fsp3) is 0.0476. The van der Waals surface area contributed by atoms with Crippen molar-refractivity contribution in [1.29, 1.82) is 5.26 Å². The molecule has 0 aliphatic rings. The number of pyridine rings is 1. The molecule has 4 rings (SSSR count). The van der Waals surface area contributed by atoms with E-state index in [1.54, 1.807) is 17.6 Å². The molecule has 0 spiro atoms. The highest BCUT2D eigenvalue weighted by Crippen LogP contribution is 2.26. The van der Waals surface area contributed by atoms with Gasteiger partial charge in [0.2, 0.25) is 5.91 Å². The molecule has 0 bridgehead atoms. The van der Waals surface area contributed by atoms with Crippen LogP contribution in [0.3, 0.4) is 0 Å². The molecule has 1 N–H and O–H groups in total. The monoisotopic (exact) mass is 370 g/mol. The van der Waals surface area contributed by atoms with E-state index in [1.807, 2.05) is 47.8 Å². The van der Waals surface area contributed by atoms with E-state index in [9.17, 15) is 4.79 Å². The van der Waals surface area contributed by atoms with Gasteiger partial charge in [0, 0.05) is 16.3 Å². The van der Waals surface area contributed by atoms with Crippen LogP contribution < -0.4 is 5.32 Å². The van der Waals surface area contributed by atoms with Crippen LogP contribution in [0.15, 0.2) is 65.5 Å². The summed E-state index contributed by atoms with van der Waals surface area (Å²) in [6, 6.07) is 19.0. The summed E-state index contributed by atoms with van der Waals surface area (Å²) in [6.07, 6.45) is 0.226. The highest BCUT2D eigenvalue weighted by Gasteiger charge is 2.10. The van der Waals surface area contributed by atoms with Crippen LogP contribution in [-0.4, -0.2) is 15.9 Å². The number of benzene rings is 2. The molecule has 1 amide bonds. The Balaban J connectivity index is 1.69. The lowest BCUT2D eigenvalue weighted by molar-refractivity contribution is -0.115. The largest absolute Gasteiger partial charge is 0.324 e. The second-order valence-corrected chi connectivity index (χ2v) is 6.69. The molecule has 6 heteroatoms. The third kappa shape index (κ3) is 3.68. The molecule has 2 heterocycles. The van der Waals surface area contributed by atoms with E-state index in [0.717, 1.165) is 22.3 Å². The maximum atomic E-state index is 12.4. The fourth-order valence-corrected chi connectivity index (χ4v) is 3.40. The van der Waals surface area contributed by atoms with Gasteiger partial charge in [-0.2, -0.15) is 5.26 Å². The summed E-state index contributed by atoms with van der Waals surface area (Å²) in [6.45, 7) is 0. The van der Waals surface area contributed by atoms with E-state index in [-0.39, 0.29) is 12.3 Å². The number of thiazole rings is 1. The first kappa shape index (κ1) is 16.9. The van der Waals surface area contributed by atoms with Gasteiger partial charge in [-0.1, -0.05) is 30.3 Å². The summed E-state index contributed by atoms with van der Waals surface area (Å²) >= 11 is 1.47. The number of carbonyl (C=O) groups excluding carboxylic acids is 1. The lowest BCUT2D eigenvalue weighted by Crippen LogP contribution is -2.15. The number of nitrogens with zero attached hydrogens (tertiary/aromatic N) is 3. The van der Waals surface area contributed by atoms with Crippen molar-refractivity contribution < 1.29 is 4.79 Å². The first-order valence-corrected chi connectivity index (χ1v) is 9.24. The van der Waals surface area contributed by atoms with Gasteiger partial charge < -0.3 is 5.32 Å². The first-order chi connectivity index (χ1) is 13.2. The molecule has 0 saturated heterocycles. The number of carbonyl (C=O) groups is 1. The Morgan fingerprint density at radius 2 is 2.04 bits per heavy atom. The van der Waals surface area contributed by atoms with E-state index in [1.165, 1.54) is 11.3 Å². The van der Waals surface area contributed by atoms with Gasteiger partial charge in [0.05, 0.1) is 46.2 Å². The average Bonchev–Trinajstić information content (AvgIpc) is 3.21. The third-order valence-corrected chi connectivity index (χ3v) is 4.74. The summed E-state index contributed by atoms with van der Waals surface area (Å²) in [4.78, 5) is 21.2. The zero-order chi connectivity index (χ0) is 18.6. The molecular formula is C21H14N4OS. The van der Waals surface area contributed by atoms with Crippen LogP contribution in [0.5, 0.6) is 0 Å². The minimum absolute atomic E-state index is 0.132. The zero-order valence-corrected chi connectivity index (χ0v) is 15.0. The van der Waals surface area contributed by atoms with Crippen molar-refractivity contribution in [2.45, 2.75) is 6.42 Å². The lowest BCUT2D eigenvalue weighted by atomic mass is 10.1. The van der Waals surface area contributed by atoms with E-state index in [2.05, 4.69) is 16.4 Å². The molecule has 5 nitrogen and oxygen atoms in total. The van der Waals surface area contributed by atoms with Crippen molar-refractivity contribution in [3.05, 3.63) is 76.7 Å². The predicted octanol–water partition coefficient (Wildman–Crippen LogP) is 4.41. The molecule has 0 atom stereocenters. The van der Waals surface area contributed by atoms with Gasteiger partial charge in [-0.15, -0.1) is 11.3 Å². The van der Waals surface area contributed by atoms with Crippen molar-refractivity contribution >= 4 is 33.8 Å². The molecule has 2 aromatic heterocycles. The Morgan fingerprint density at radius 3 is 2.85 bits per heavy atom. The number of aromatic nitrogens is 2. The normalized spacial score (nSPS) is 10.5. The van der Waals surface area contributed by atoms with Crippen LogP contribution in [0, 0.1) is 11.3 Å². The number of anilines is 1. The molecule has 0 fully saturated rings. The van der Waals surface area contributed by atoms with E-state index in [0.29, 0.717) is 16.8 Å². The number of rotatable bonds is 4. The van der Waals surface area contributed by atoms with Gasteiger partial charge in [-0.3, -0.25) is 4.79 Å². The maximum absolute atomic E-state index is 12.4. The van der Waals surface area contributed by atoms with E-state index in [4.69, 9.17) is 10.2 Å². The summed E-state index contributed by atoms with van der Waals surface area (Å²) in [5.41, 5.74) is 6.03. The van der Waals surface area contributed by atoms with Crippen molar-refractivity contribution in [2.75, 3.05) is 5.32 Å². The highest BCUT2D eigenvalue weighted by atomic mass is 32.1. The molecule has 130 valence electrons. The number of nitriles is 1. The molecule has 0 radical (unpaired) electrons. The summed E-state index contributed by atoms with van der Waals surface area (Å²) in [5, 5.41) is 14.8. The smallest absolute Gasteiger partial charge is 0.230 e.